The van der Waals surface area contributed by atoms with Gasteiger partial charge in [0.15, 0.2) is 0 Å². The predicted molar refractivity (Wildman–Crippen MR) is 82.2 cm³/mol. The van der Waals surface area contributed by atoms with Crippen molar-refractivity contribution in [3.63, 3.8) is 0 Å². The molecule has 2 amide bonds. The van der Waals surface area contributed by atoms with Gasteiger partial charge in [-0.15, -0.1) is 12.4 Å². The van der Waals surface area contributed by atoms with E-state index in [0.717, 1.165) is 12.8 Å². The second-order valence-corrected chi connectivity index (χ2v) is 6.37. The highest BCUT2D eigenvalue weighted by atomic mass is 35.5. The van der Waals surface area contributed by atoms with E-state index in [4.69, 9.17) is 10.5 Å². The van der Waals surface area contributed by atoms with Crippen molar-refractivity contribution in [2.45, 2.75) is 57.7 Å². The third-order valence-electron chi connectivity index (χ3n) is 4.59. The standard InChI is InChI=1S/C14H25N3O3.ClH/c1-4-20-10-7-14(15,13(10,2)3)12(19)16-8-11(18)17-9-5-6-9;/h9-10H,4-8,15H2,1-3H3,(H,16,19)(H,17,18);1H. The second kappa shape index (κ2) is 6.50. The maximum atomic E-state index is 12.2. The van der Waals surface area contributed by atoms with Gasteiger partial charge in [-0.05, 0) is 19.8 Å². The molecule has 7 heteroatoms. The minimum atomic E-state index is -0.966. The lowest BCUT2D eigenvalue weighted by Gasteiger charge is -2.57. The molecule has 122 valence electrons. The number of rotatable bonds is 6. The number of amides is 2. The van der Waals surface area contributed by atoms with E-state index in [1.165, 1.54) is 0 Å². The third-order valence-corrected chi connectivity index (χ3v) is 4.59. The van der Waals surface area contributed by atoms with Crippen LogP contribution in [0.25, 0.3) is 0 Å². The van der Waals surface area contributed by atoms with Gasteiger partial charge in [0, 0.05) is 24.5 Å². The quantitative estimate of drug-likeness (QED) is 0.658. The number of hydrogen-bond donors (Lipinski definition) is 3. The SMILES string of the molecule is CCOC1CC(N)(C(=O)NCC(=O)NC2CC2)C1(C)C.Cl. The first-order valence-corrected chi connectivity index (χ1v) is 7.29. The first-order chi connectivity index (χ1) is 9.31. The summed E-state index contributed by atoms with van der Waals surface area (Å²) in [6.07, 6.45) is 2.54. The molecular weight excluding hydrogens is 294 g/mol. The average molecular weight is 320 g/mol. The highest BCUT2D eigenvalue weighted by molar-refractivity contribution is 5.92. The molecule has 0 aromatic heterocycles. The van der Waals surface area contributed by atoms with Gasteiger partial charge in [0.05, 0.1) is 12.6 Å². The summed E-state index contributed by atoms with van der Waals surface area (Å²) in [5.74, 6) is -0.424. The Labute approximate surface area is 132 Å². The van der Waals surface area contributed by atoms with Crippen LogP contribution in [0.1, 0.15) is 40.0 Å². The Balaban J connectivity index is 0.00000220. The fourth-order valence-electron chi connectivity index (χ4n) is 2.65. The van der Waals surface area contributed by atoms with Crippen LogP contribution in [-0.2, 0) is 14.3 Å². The van der Waals surface area contributed by atoms with Crippen LogP contribution in [0.2, 0.25) is 0 Å². The van der Waals surface area contributed by atoms with Crippen molar-refractivity contribution in [1.82, 2.24) is 10.6 Å². The van der Waals surface area contributed by atoms with Gasteiger partial charge in [0.25, 0.3) is 0 Å². The van der Waals surface area contributed by atoms with Crippen molar-refractivity contribution in [1.29, 1.82) is 0 Å². The molecule has 0 aromatic carbocycles. The van der Waals surface area contributed by atoms with E-state index in [9.17, 15) is 9.59 Å². The average Bonchev–Trinajstić information content (AvgIpc) is 3.19. The van der Waals surface area contributed by atoms with E-state index in [1.807, 2.05) is 20.8 Å². The molecule has 0 saturated heterocycles. The van der Waals surface area contributed by atoms with Crippen LogP contribution in [-0.4, -0.2) is 42.7 Å². The molecule has 0 bridgehead atoms. The number of nitrogens with two attached hydrogens (primary N) is 1. The van der Waals surface area contributed by atoms with Crippen molar-refractivity contribution in [2.24, 2.45) is 11.1 Å². The van der Waals surface area contributed by atoms with Crippen LogP contribution < -0.4 is 16.4 Å². The van der Waals surface area contributed by atoms with E-state index in [0.29, 0.717) is 19.1 Å². The van der Waals surface area contributed by atoms with Gasteiger partial charge >= 0.3 is 0 Å². The summed E-state index contributed by atoms with van der Waals surface area (Å²) in [6, 6.07) is 0.300. The molecule has 0 aliphatic heterocycles. The minimum absolute atomic E-state index is 0. The number of nitrogens with one attached hydrogen (secondary N) is 2. The number of carbonyl (C=O) groups excluding carboxylic acids is 2. The Hall–Kier alpha value is -0.850. The highest BCUT2D eigenvalue weighted by Gasteiger charge is 2.62. The van der Waals surface area contributed by atoms with E-state index >= 15 is 0 Å². The molecule has 0 radical (unpaired) electrons. The largest absolute Gasteiger partial charge is 0.378 e. The van der Waals surface area contributed by atoms with Crippen molar-refractivity contribution in [2.75, 3.05) is 13.2 Å². The maximum Gasteiger partial charge on any atom is 0.241 e. The molecule has 6 nitrogen and oxygen atoms in total. The van der Waals surface area contributed by atoms with Gasteiger partial charge in [0.2, 0.25) is 11.8 Å². The molecule has 2 atom stereocenters. The van der Waals surface area contributed by atoms with E-state index < -0.39 is 11.0 Å². The molecule has 2 aliphatic rings. The number of ether oxygens (including phenoxy) is 1. The highest BCUT2D eigenvalue weighted by Crippen LogP contribution is 2.49. The Bertz CT molecular complexity index is 412. The van der Waals surface area contributed by atoms with E-state index in [2.05, 4.69) is 10.6 Å². The zero-order chi connectivity index (χ0) is 15.0. The maximum absolute atomic E-state index is 12.2. The van der Waals surface area contributed by atoms with E-state index in [-0.39, 0.29) is 36.9 Å². The van der Waals surface area contributed by atoms with Crippen LogP contribution in [0, 0.1) is 5.41 Å². The van der Waals surface area contributed by atoms with Crippen LogP contribution >= 0.6 is 12.4 Å². The van der Waals surface area contributed by atoms with Crippen LogP contribution in [0.5, 0.6) is 0 Å². The molecule has 2 aliphatic carbocycles. The monoisotopic (exact) mass is 319 g/mol. The summed E-state index contributed by atoms with van der Waals surface area (Å²) in [6.45, 7) is 6.38. The van der Waals surface area contributed by atoms with E-state index in [1.54, 1.807) is 0 Å². The fraction of sp³-hybridized carbons (Fsp3) is 0.857. The summed E-state index contributed by atoms with van der Waals surface area (Å²) < 4.78 is 5.59. The summed E-state index contributed by atoms with van der Waals surface area (Å²) >= 11 is 0. The molecule has 4 N–H and O–H groups in total. The zero-order valence-corrected chi connectivity index (χ0v) is 13.7. The second-order valence-electron chi connectivity index (χ2n) is 6.37. The molecular formula is C14H26ClN3O3. The van der Waals surface area contributed by atoms with Gasteiger partial charge in [-0.25, -0.2) is 0 Å². The van der Waals surface area contributed by atoms with Crippen molar-refractivity contribution in [3.8, 4) is 0 Å². The van der Waals surface area contributed by atoms with Crippen LogP contribution in [0.3, 0.4) is 0 Å². The lowest BCUT2D eigenvalue weighted by molar-refractivity contribution is -0.170. The molecule has 2 fully saturated rings. The summed E-state index contributed by atoms with van der Waals surface area (Å²) in [5, 5.41) is 5.47. The Morgan fingerprint density at radius 1 is 1.33 bits per heavy atom. The normalized spacial score (nSPS) is 29.8. The molecule has 0 aromatic rings. The number of hydrogen-bond acceptors (Lipinski definition) is 4. The predicted octanol–water partition coefficient (Wildman–Crippen LogP) is 0.336. The van der Waals surface area contributed by atoms with Crippen molar-refractivity contribution in [3.05, 3.63) is 0 Å². The van der Waals surface area contributed by atoms with Gasteiger partial charge in [-0.2, -0.15) is 0 Å². The molecule has 2 saturated carbocycles. The zero-order valence-electron chi connectivity index (χ0n) is 12.9. The van der Waals surface area contributed by atoms with Crippen molar-refractivity contribution < 1.29 is 14.3 Å². The van der Waals surface area contributed by atoms with Gasteiger partial charge < -0.3 is 21.1 Å². The summed E-state index contributed by atoms with van der Waals surface area (Å²) in [5.41, 5.74) is 4.82. The molecule has 21 heavy (non-hydrogen) atoms. The lowest BCUT2D eigenvalue weighted by Crippen LogP contribution is -2.76. The van der Waals surface area contributed by atoms with Gasteiger partial charge in [0.1, 0.15) is 5.54 Å². The fourth-order valence-corrected chi connectivity index (χ4v) is 2.65. The van der Waals surface area contributed by atoms with Crippen LogP contribution in [0.4, 0.5) is 0 Å². The Morgan fingerprint density at radius 2 is 1.95 bits per heavy atom. The summed E-state index contributed by atoms with van der Waals surface area (Å²) in [4.78, 5) is 23.8. The number of carbonyl (C=O) groups is 2. The first-order valence-electron chi connectivity index (χ1n) is 7.29. The molecule has 0 heterocycles. The van der Waals surface area contributed by atoms with Gasteiger partial charge in [-0.1, -0.05) is 13.8 Å². The molecule has 2 unspecified atom stereocenters. The summed E-state index contributed by atoms with van der Waals surface area (Å²) in [7, 11) is 0. The smallest absolute Gasteiger partial charge is 0.241 e. The van der Waals surface area contributed by atoms with Gasteiger partial charge in [-0.3, -0.25) is 9.59 Å². The third kappa shape index (κ3) is 3.49. The minimum Gasteiger partial charge on any atom is -0.378 e. The topological polar surface area (TPSA) is 93.4 Å². The molecule has 0 spiro atoms. The number of halogens is 1. The Morgan fingerprint density at radius 3 is 2.43 bits per heavy atom. The van der Waals surface area contributed by atoms with Crippen LogP contribution in [0.15, 0.2) is 0 Å². The first kappa shape index (κ1) is 18.2. The lowest BCUT2D eigenvalue weighted by atomic mass is 9.54. The van der Waals surface area contributed by atoms with Crippen molar-refractivity contribution >= 4 is 24.2 Å². The Kier molecular flexibility index (Phi) is 5.63. The molecule has 2 rings (SSSR count).